The molecule has 39 heavy (non-hydrogen) atoms. The van der Waals surface area contributed by atoms with Crippen molar-refractivity contribution in [3.8, 4) is 0 Å². The zero-order valence-electron chi connectivity index (χ0n) is 22.6. The minimum absolute atomic E-state index is 0.0223. The maximum absolute atomic E-state index is 14.0. The number of hydrogen-bond donors (Lipinski definition) is 0. The van der Waals surface area contributed by atoms with E-state index in [0.717, 1.165) is 68.5 Å². The molecule has 0 unspecified atom stereocenters. The van der Waals surface area contributed by atoms with Crippen molar-refractivity contribution in [1.82, 2.24) is 19.4 Å². The normalized spacial score (nSPS) is 15.8. The number of imidazole rings is 1. The minimum Gasteiger partial charge on any atom is -0.335 e. The summed E-state index contributed by atoms with van der Waals surface area (Å²) in [6.45, 7) is 4.79. The number of rotatable bonds is 6. The fraction of sp³-hybridized carbons (Fsp3) is 0.344. The van der Waals surface area contributed by atoms with Gasteiger partial charge in [-0.2, -0.15) is 0 Å². The van der Waals surface area contributed by atoms with Gasteiger partial charge in [0.15, 0.2) is 11.5 Å². The Morgan fingerprint density at radius 2 is 1.59 bits per heavy atom. The Kier molecular flexibility index (Phi) is 7.16. The van der Waals surface area contributed by atoms with E-state index in [1.807, 2.05) is 53.4 Å². The van der Waals surface area contributed by atoms with E-state index in [-0.39, 0.29) is 11.8 Å². The first-order valence-electron chi connectivity index (χ1n) is 14.0. The molecule has 1 fully saturated rings. The fourth-order valence-corrected chi connectivity index (χ4v) is 5.86. The van der Waals surface area contributed by atoms with Crippen LogP contribution in [0.3, 0.4) is 0 Å². The molecule has 0 N–H and O–H groups in total. The van der Waals surface area contributed by atoms with Crippen molar-refractivity contribution in [1.29, 1.82) is 0 Å². The van der Waals surface area contributed by atoms with Crippen molar-refractivity contribution in [2.45, 2.75) is 32.2 Å². The van der Waals surface area contributed by atoms with Crippen LogP contribution in [-0.2, 0) is 19.4 Å². The molecular formula is C32H35N5O2. The molecule has 200 valence electrons. The van der Waals surface area contributed by atoms with Gasteiger partial charge in [-0.05, 0) is 41.7 Å². The van der Waals surface area contributed by atoms with Gasteiger partial charge in [0, 0.05) is 58.3 Å². The third-order valence-corrected chi connectivity index (χ3v) is 8.12. The Hall–Kier alpha value is -3.97. The van der Waals surface area contributed by atoms with E-state index < -0.39 is 0 Å². The molecule has 0 saturated carbocycles. The number of anilines is 1. The lowest BCUT2D eigenvalue weighted by Crippen LogP contribution is -2.49. The van der Waals surface area contributed by atoms with Gasteiger partial charge in [-0.15, -0.1) is 0 Å². The molecule has 4 aromatic rings. The van der Waals surface area contributed by atoms with Gasteiger partial charge in [-0.1, -0.05) is 66.7 Å². The first-order chi connectivity index (χ1) is 19.1. The summed E-state index contributed by atoms with van der Waals surface area (Å²) < 4.78 is 2.07. The lowest BCUT2D eigenvalue weighted by atomic mass is 10.0. The predicted molar refractivity (Wildman–Crippen MR) is 154 cm³/mol. The van der Waals surface area contributed by atoms with Crippen LogP contribution < -0.4 is 4.90 Å². The summed E-state index contributed by atoms with van der Waals surface area (Å²) in [7, 11) is 1.75. The topological polar surface area (TPSA) is 61.7 Å². The molecule has 2 aliphatic rings. The summed E-state index contributed by atoms with van der Waals surface area (Å²) in [5.74, 6) is 1.20. The second kappa shape index (κ2) is 11.0. The molecule has 0 bridgehead atoms. The standard InChI is InChI=1S/C32H35N5O2/c1-34(31(38)27-15-9-13-25-12-5-6-14-26(25)27)30-29(37-18-8-7-16-28(37)33-30)32(39)36-22-20-35(21-23-36)19-17-24-10-3-2-4-11-24/h2-6,9-15H,7-8,16-23H2,1H3. The van der Waals surface area contributed by atoms with Crippen LogP contribution in [-0.4, -0.2) is 70.9 Å². The van der Waals surface area contributed by atoms with Crippen LogP contribution in [0, 0.1) is 0 Å². The molecule has 2 aliphatic heterocycles. The lowest BCUT2D eigenvalue weighted by molar-refractivity contribution is 0.0627. The van der Waals surface area contributed by atoms with Gasteiger partial charge in [0.25, 0.3) is 11.8 Å². The van der Waals surface area contributed by atoms with Crippen LogP contribution in [0.5, 0.6) is 0 Å². The van der Waals surface area contributed by atoms with Gasteiger partial charge in [-0.3, -0.25) is 19.4 Å². The number of piperazine rings is 1. The van der Waals surface area contributed by atoms with E-state index in [2.05, 4.69) is 33.7 Å². The van der Waals surface area contributed by atoms with Crippen LogP contribution in [0.4, 0.5) is 5.82 Å². The minimum atomic E-state index is -0.151. The Morgan fingerprint density at radius 1 is 0.846 bits per heavy atom. The van der Waals surface area contributed by atoms with Crippen LogP contribution in [0.1, 0.15) is 45.1 Å². The molecule has 6 rings (SSSR count). The summed E-state index contributed by atoms with van der Waals surface area (Å²) in [5.41, 5.74) is 2.51. The molecule has 7 heteroatoms. The van der Waals surface area contributed by atoms with E-state index >= 15 is 0 Å². The third kappa shape index (κ3) is 5.06. The molecule has 0 radical (unpaired) electrons. The maximum atomic E-state index is 14.0. The summed E-state index contributed by atoms with van der Waals surface area (Å²) in [4.78, 5) is 38.7. The highest BCUT2D eigenvalue weighted by Crippen LogP contribution is 2.29. The number of amides is 2. The van der Waals surface area contributed by atoms with Gasteiger partial charge < -0.3 is 9.47 Å². The van der Waals surface area contributed by atoms with Crippen molar-refractivity contribution < 1.29 is 9.59 Å². The van der Waals surface area contributed by atoms with Crippen molar-refractivity contribution in [3.05, 3.63) is 95.4 Å². The molecule has 7 nitrogen and oxygen atoms in total. The van der Waals surface area contributed by atoms with E-state index in [1.54, 1.807) is 11.9 Å². The summed E-state index contributed by atoms with van der Waals surface area (Å²) in [5, 5.41) is 1.92. The number of benzene rings is 3. The van der Waals surface area contributed by atoms with E-state index in [9.17, 15) is 9.59 Å². The van der Waals surface area contributed by atoms with Gasteiger partial charge >= 0.3 is 0 Å². The predicted octanol–water partition coefficient (Wildman–Crippen LogP) is 4.65. The summed E-state index contributed by atoms with van der Waals surface area (Å²) in [6, 6.07) is 24.2. The van der Waals surface area contributed by atoms with Gasteiger partial charge in [0.1, 0.15) is 5.82 Å². The quantitative estimate of drug-likeness (QED) is 0.371. The molecule has 1 saturated heterocycles. The molecule has 0 spiro atoms. The third-order valence-electron chi connectivity index (χ3n) is 8.12. The van der Waals surface area contributed by atoms with Crippen LogP contribution in [0.25, 0.3) is 10.8 Å². The van der Waals surface area contributed by atoms with Crippen molar-refractivity contribution in [3.63, 3.8) is 0 Å². The lowest BCUT2D eigenvalue weighted by Gasteiger charge is -2.35. The Balaban J connectivity index is 1.22. The smallest absolute Gasteiger partial charge is 0.274 e. The molecule has 3 aromatic carbocycles. The summed E-state index contributed by atoms with van der Waals surface area (Å²) >= 11 is 0. The van der Waals surface area contributed by atoms with E-state index in [4.69, 9.17) is 4.98 Å². The fourth-order valence-electron chi connectivity index (χ4n) is 5.86. The molecule has 0 aliphatic carbocycles. The maximum Gasteiger partial charge on any atom is 0.274 e. The van der Waals surface area contributed by atoms with Crippen molar-refractivity contribution in [2.24, 2.45) is 0 Å². The highest BCUT2D eigenvalue weighted by Gasteiger charge is 2.33. The molecule has 3 heterocycles. The molecule has 0 atom stereocenters. The Morgan fingerprint density at radius 3 is 2.41 bits per heavy atom. The number of hydrogen-bond acceptors (Lipinski definition) is 4. The average molecular weight is 522 g/mol. The zero-order chi connectivity index (χ0) is 26.8. The van der Waals surface area contributed by atoms with Crippen LogP contribution >= 0.6 is 0 Å². The van der Waals surface area contributed by atoms with Crippen molar-refractivity contribution >= 4 is 28.4 Å². The number of nitrogens with zero attached hydrogens (tertiary/aromatic N) is 5. The monoisotopic (exact) mass is 521 g/mol. The second-order valence-corrected chi connectivity index (χ2v) is 10.6. The average Bonchev–Trinajstić information content (AvgIpc) is 3.39. The Bertz CT molecular complexity index is 1480. The summed E-state index contributed by atoms with van der Waals surface area (Å²) in [6.07, 6.45) is 3.89. The first kappa shape index (κ1) is 25.3. The first-order valence-corrected chi connectivity index (χ1v) is 14.0. The molecule has 1 aromatic heterocycles. The SMILES string of the molecule is CN(C(=O)c1cccc2ccccc12)c1nc2n(c1C(=O)N1CCN(CCc3ccccc3)CC1)CCCC2. The number of fused-ring (bicyclic) bond motifs is 2. The van der Waals surface area contributed by atoms with E-state index in [0.29, 0.717) is 30.2 Å². The number of aryl methyl sites for hydroxylation is 1. The highest BCUT2D eigenvalue weighted by atomic mass is 16.2. The number of aromatic nitrogens is 2. The molecular weight excluding hydrogens is 486 g/mol. The molecule has 2 amide bonds. The van der Waals surface area contributed by atoms with Crippen molar-refractivity contribution in [2.75, 3.05) is 44.7 Å². The van der Waals surface area contributed by atoms with E-state index in [1.165, 1.54) is 5.56 Å². The highest BCUT2D eigenvalue weighted by molar-refractivity contribution is 6.15. The van der Waals surface area contributed by atoms with Gasteiger partial charge in [0.2, 0.25) is 0 Å². The van der Waals surface area contributed by atoms with Gasteiger partial charge in [-0.25, -0.2) is 4.98 Å². The number of carbonyl (C=O) groups excluding carboxylic acids is 2. The van der Waals surface area contributed by atoms with Gasteiger partial charge in [0.05, 0.1) is 0 Å². The van der Waals surface area contributed by atoms with Crippen LogP contribution in [0.2, 0.25) is 0 Å². The number of carbonyl (C=O) groups is 2. The largest absolute Gasteiger partial charge is 0.335 e. The van der Waals surface area contributed by atoms with Crippen LogP contribution in [0.15, 0.2) is 72.8 Å². The second-order valence-electron chi connectivity index (χ2n) is 10.6. The zero-order valence-corrected chi connectivity index (χ0v) is 22.6. The Labute approximate surface area is 229 Å².